The Labute approximate surface area is 181 Å². The Bertz CT molecular complexity index is 951. The number of anilines is 1. The largest absolute Gasteiger partial charge is 0.507 e. The third-order valence-electron chi connectivity index (χ3n) is 4.53. The van der Waals surface area contributed by atoms with Gasteiger partial charge < -0.3 is 10.4 Å². The molecule has 0 atom stereocenters. The molecule has 29 heavy (non-hydrogen) atoms. The van der Waals surface area contributed by atoms with Crippen LogP contribution in [0, 0.1) is 11.3 Å². The Morgan fingerprint density at radius 3 is 1.93 bits per heavy atom. The molecule has 2 aromatic rings. The van der Waals surface area contributed by atoms with Gasteiger partial charge in [0, 0.05) is 21.3 Å². The van der Waals surface area contributed by atoms with Crippen LogP contribution in [0.25, 0.3) is 6.08 Å². The van der Waals surface area contributed by atoms with Crippen LogP contribution in [0.3, 0.4) is 0 Å². The highest BCUT2D eigenvalue weighted by atomic mass is 79.9. The third kappa shape index (κ3) is 5.71. The van der Waals surface area contributed by atoms with Gasteiger partial charge >= 0.3 is 0 Å². The van der Waals surface area contributed by atoms with E-state index in [9.17, 15) is 15.2 Å². The van der Waals surface area contributed by atoms with Crippen LogP contribution in [0.2, 0.25) is 0 Å². The van der Waals surface area contributed by atoms with Crippen molar-refractivity contribution in [2.45, 2.75) is 52.4 Å². The predicted octanol–water partition coefficient (Wildman–Crippen LogP) is 6.30. The van der Waals surface area contributed by atoms with Gasteiger partial charge in [0.1, 0.15) is 17.4 Å². The first-order valence-electron chi connectivity index (χ1n) is 9.39. The molecule has 1 amide bonds. The van der Waals surface area contributed by atoms with E-state index in [1.165, 1.54) is 0 Å². The second-order valence-electron chi connectivity index (χ2n) is 9.10. The van der Waals surface area contributed by atoms with Crippen molar-refractivity contribution in [2.75, 3.05) is 5.32 Å². The Kier molecular flexibility index (Phi) is 6.60. The predicted molar refractivity (Wildman–Crippen MR) is 122 cm³/mol. The Morgan fingerprint density at radius 2 is 1.52 bits per heavy atom. The van der Waals surface area contributed by atoms with Gasteiger partial charge in [0.05, 0.1) is 0 Å². The summed E-state index contributed by atoms with van der Waals surface area (Å²) in [5, 5.41) is 23.1. The number of nitriles is 1. The number of carbonyl (C=O) groups excluding carboxylic acids is 1. The molecule has 0 fully saturated rings. The summed E-state index contributed by atoms with van der Waals surface area (Å²) < 4.78 is 0.903. The molecule has 2 rings (SSSR count). The van der Waals surface area contributed by atoms with Gasteiger partial charge in [0.2, 0.25) is 0 Å². The molecule has 0 saturated heterocycles. The minimum absolute atomic E-state index is 0.00155. The molecule has 0 bridgehead atoms. The first kappa shape index (κ1) is 22.7. The lowest BCUT2D eigenvalue weighted by molar-refractivity contribution is -0.112. The van der Waals surface area contributed by atoms with Crippen molar-refractivity contribution in [1.82, 2.24) is 0 Å². The van der Waals surface area contributed by atoms with Gasteiger partial charge in [-0.05, 0) is 58.9 Å². The van der Waals surface area contributed by atoms with Crippen molar-refractivity contribution in [3.63, 3.8) is 0 Å². The topological polar surface area (TPSA) is 73.1 Å². The minimum Gasteiger partial charge on any atom is -0.507 e. The summed E-state index contributed by atoms with van der Waals surface area (Å²) in [4.78, 5) is 12.6. The summed E-state index contributed by atoms with van der Waals surface area (Å²) in [6, 6.07) is 12.8. The molecule has 2 aromatic carbocycles. The molecule has 0 saturated carbocycles. The van der Waals surface area contributed by atoms with E-state index in [4.69, 9.17) is 0 Å². The zero-order valence-electron chi connectivity index (χ0n) is 17.7. The molecule has 0 spiro atoms. The molecular weight excluding hydrogens is 428 g/mol. The molecule has 0 aliphatic carbocycles. The van der Waals surface area contributed by atoms with E-state index in [0.29, 0.717) is 11.3 Å². The molecule has 0 aromatic heterocycles. The Hall–Kier alpha value is -2.58. The number of rotatable bonds is 3. The number of nitrogens with one attached hydrogen (secondary N) is 1. The molecular formula is C24H27BrN2O2. The van der Waals surface area contributed by atoms with Crippen LogP contribution in [0.4, 0.5) is 5.69 Å². The Morgan fingerprint density at radius 1 is 1.03 bits per heavy atom. The van der Waals surface area contributed by atoms with Crippen LogP contribution in [0.1, 0.15) is 58.2 Å². The molecule has 0 aliphatic heterocycles. The number of hydrogen-bond donors (Lipinski definition) is 2. The summed E-state index contributed by atoms with van der Waals surface area (Å²) in [5.74, 6) is -0.211. The summed E-state index contributed by atoms with van der Waals surface area (Å²) >= 11 is 3.35. The van der Waals surface area contributed by atoms with Crippen LogP contribution >= 0.6 is 15.9 Å². The summed E-state index contributed by atoms with van der Waals surface area (Å²) in [6.07, 6.45) is 1.57. The maximum atomic E-state index is 12.6. The van der Waals surface area contributed by atoms with E-state index in [1.807, 2.05) is 71.9 Å². The van der Waals surface area contributed by atoms with Gasteiger partial charge in [-0.3, -0.25) is 4.79 Å². The average molecular weight is 455 g/mol. The highest BCUT2D eigenvalue weighted by molar-refractivity contribution is 9.10. The van der Waals surface area contributed by atoms with E-state index < -0.39 is 5.91 Å². The molecule has 0 heterocycles. The fourth-order valence-corrected chi connectivity index (χ4v) is 3.19. The van der Waals surface area contributed by atoms with Crippen LogP contribution < -0.4 is 5.32 Å². The van der Waals surface area contributed by atoms with Gasteiger partial charge in [0.25, 0.3) is 5.91 Å². The normalized spacial score (nSPS) is 12.4. The van der Waals surface area contributed by atoms with E-state index in [0.717, 1.165) is 15.6 Å². The maximum absolute atomic E-state index is 12.6. The lowest BCUT2D eigenvalue weighted by Gasteiger charge is -2.28. The fraction of sp³-hybridized carbons (Fsp3) is 0.333. The second kappa shape index (κ2) is 8.42. The highest BCUT2D eigenvalue weighted by Crippen LogP contribution is 2.40. The standard InChI is InChI=1S/C24H27BrN2O2/c1-23(2,3)19-12-15(13-20(21(19)28)24(4,5)6)11-16(14-26)22(29)27-18-9-7-17(25)8-10-18/h7-13,28H,1-6H3,(H,27,29)/b16-11-. The van der Waals surface area contributed by atoms with Crippen molar-refractivity contribution in [3.05, 3.63) is 63.1 Å². The van der Waals surface area contributed by atoms with Gasteiger partial charge in [-0.15, -0.1) is 0 Å². The number of nitrogens with zero attached hydrogens (tertiary/aromatic N) is 1. The number of hydrogen-bond acceptors (Lipinski definition) is 3. The van der Waals surface area contributed by atoms with Crippen molar-refractivity contribution in [1.29, 1.82) is 5.26 Å². The zero-order valence-corrected chi connectivity index (χ0v) is 19.3. The number of benzene rings is 2. The van der Waals surface area contributed by atoms with Crippen molar-refractivity contribution in [2.24, 2.45) is 0 Å². The van der Waals surface area contributed by atoms with E-state index in [2.05, 4.69) is 21.2 Å². The number of aromatic hydroxyl groups is 1. The van der Waals surface area contributed by atoms with Crippen molar-refractivity contribution >= 4 is 33.6 Å². The van der Waals surface area contributed by atoms with Gasteiger partial charge in [-0.25, -0.2) is 0 Å². The summed E-state index contributed by atoms with van der Waals surface area (Å²) in [7, 11) is 0. The second-order valence-corrected chi connectivity index (χ2v) is 10.0. The number of halogens is 1. The quantitative estimate of drug-likeness (QED) is 0.422. The van der Waals surface area contributed by atoms with Crippen molar-refractivity contribution < 1.29 is 9.90 Å². The summed E-state index contributed by atoms with van der Waals surface area (Å²) in [6.45, 7) is 12.1. The first-order valence-corrected chi connectivity index (χ1v) is 10.2. The molecule has 0 radical (unpaired) electrons. The van der Waals surface area contributed by atoms with Crippen molar-refractivity contribution in [3.8, 4) is 11.8 Å². The molecule has 4 nitrogen and oxygen atoms in total. The van der Waals surface area contributed by atoms with Crippen LogP contribution in [-0.4, -0.2) is 11.0 Å². The number of phenolic OH excluding ortho intramolecular Hbond substituents is 1. The lowest BCUT2D eigenvalue weighted by Crippen LogP contribution is -2.18. The molecule has 152 valence electrons. The zero-order chi connectivity index (χ0) is 22.0. The van der Waals surface area contributed by atoms with Gasteiger partial charge in [-0.2, -0.15) is 5.26 Å². The molecule has 0 aliphatic rings. The van der Waals surface area contributed by atoms with Crippen LogP contribution in [-0.2, 0) is 15.6 Å². The monoisotopic (exact) mass is 454 g/mol. The van der Waals surface area contributed by atoms with E-state index in [1.54, 1.807) is 18.2 Å². The van der Waals surface area contributed by atoms with Gasteiger partial charge in [-0.1, -0.05) is 57.5 Å². The first-order chi connectivity index (χ1) is 13.3. The number of carbonyl (C=O) groups is 1. The molecule has 0 unspecified atom stereocenters. The lowest BCUT2D eigenvalue weighted by atomic mass is 9.78. The third-order valence-corrected chi connectivity index (χ3v) is 5.06. The van der Waals surface area contributed by atoms with E-state index >= 15 is 0 Å². The van der Waals surface area contributed by atoms with Crippen LogP contribution in [0.15, 0.2) is 46.4 Å². The average Bonchev–Trinajstić information content (AvgIpc) is 2.60. The highest BCUT2D eigenvalue weighted by Gasteiger charge is 2.26. The van der Waals surface area contributed by atoms with E-state index in [-0.39, 0.29) is 22.2 Å². The smallest absolute Gasteiger partial charge is 0.266 e. The van der Waals surface area contributed by atoms with Gasteiger partial charge in [0.15, 0.2) is 0 Å². The number of amides is 1. The minimum atomic E-state index is -0.475. The summed E-state index contributed by atoms with van der Waals surface area (Å²) in [5.41, 5.74) is 2.29. The maximum Gasteiger partial charge on any atom is 0.266 e. The molecule has 5 heteroatoms. The fourth-order valence-electron chi connectivity index (χ4n) is 2.93. The number of phenols is 1. The van der Waals surface area contributed by atoms with Crippen LogP contribution in [0.5, 0.6) is 5.75 Å². The Balaban J connectivity index is 2.50. The SMILES string of the molecule is CC(C)(C)c1cc(/C=C(/C#N)C(=O)Nc2ccc(Br)cc2)cc(C(C)(C)C)c1O. The molecule has 2 N–H and O–H groups in total.